The standard InChI is InChI=1S/C31H31F4NO4/c1-30(2,3)40-28(37)27(16-14-19-13-15-20(17-26(19)32)31(33,34)35)36(4)29(38)39-18-25-23-11-7-5-9-21(23)22-10-6-8-12-24(22)25/h5-13,15,17,25,27H,14,16,18H2,1-4H3. The van der Waals surface area contributed by atoms with Gasteiger partial charge in [0.05, 0.1) is 5.56 Å². The summed E-state index contributed by atoms with van der Waals surface area (Å²) >= 11 is 0. The van der Waals surface area contributed by atoms with Crippen LogP contribution in [0.25, 0.3) is 11.1 Å². The largest absolute Gasteiger partial charge is 0.458 e. The van der Waals surface area contributed by atoms with Crippen LogP contribution >= 0.6 is 0 Å². The van der Waals surface area contributed by atoms with Crippen LogP contribution in [0.2, 0.25) is 0 Å². The Morgan fingerprint density at radius 1 is 0.925 bits per heavy atom. The monoisotopic (exact) mass is 557 g/mol. The van der Waals surface area contributed by atoms with Crippen molar-refractivity contribution < 1.29 is 36.6 Å². The maximum absolute atomic E-state index is 14.5. The van der Waals surface area contributed by atoms with Crippen molar-refractivity contribution in [3.63, 3.8) is 0 Å². The van der Waals surface area contributed by atoms with Crippen LogP contribution in [0.15, 0.2) is 66.7 Å². The third-order valence-electron chi connectivity index (χ3n) is 6.84. The number of carbonyl (C=O) groups is 2. The molecule has 0 fully saturated rings. The highest BCUT2D eigenvalue weighted by Crippen LogP contribution is 2.44. The fourth-order valence-corrected chi connectivity index (χ4v) is 4.88. The van der Waals surface area contributed by atoms with Crippen molar-refractivity contribution in [2.75, 3.05) is 13.7 Å². The van der Waals surface area contributed by atoms with Gasteiger partial charge < -0.3 is 9.47 Å². The minimum Gasteiger partial charge on any atom is -0.458 e. The molecule has 0 bridgehead atoms. The molecule has 3 aromatic rings. The molecular weight excluding hydrogens is 526 g/mol. The number of hydrogen-bond donors (Lipinski definition) is 0. The number of benzene rings is 3. The predicted molar refractivity (Wildman–Crippen MR) is 142 cm³/mol. The van der Waals surface area contributed by atoms with Crippen molar-refractivity contribution in [2.45, 2.75) is 57.3 Å². The molecule has 1 unspecified atom stereocenters. The van der Waals surface area contributed by atoms with E-state index in [1.165, 1.54) is 7.05 Å². The number of nitrogens with zero attached hydrogens (tertiary/aromatic N) is 1. The number of hydrogen-bond acceptors (Lipinski definition) is 4. The van der Waals surface area contributed by atoms with Crippen LogP contribution in [0.1, 0.15) is 55.4 Å². The van der Waals surface area contributed by atoms with Crippen molar-refractivity contribution in [1.82, 2.24) is 4.90 Å². The number of ether oxygens (including phenoxy) is 2. The van der Waals surface area contributed by atoms with E-state index < -0.39 is 41.3 Å². The summed E-state index contributed by atoms with van der Waals surface area (Å²) in [4.78, 5) is 27.3. The fourth-order valence-electron chi connectivity index (χ4n) is 4.88. The Labute approximate surface area is 230 Å². The molecule has 0 spiro atoms. The Bertz CT molecular complexity index is 1350. The van der Waals surface area contributed by atoms with E-state index in [1.807, 2.05) is 48.5 Å². The first-order valence-corrected chi connectivity index (χ1v) is 12.9. The van der Waals surface area contributed by atoms with E-state index in [1.54, 1.807) is 20.8 Å². The highest BCUT2D eigenvalue weighted by molar-refractivity contribution is 5.82. The minimum absolute atomic E-state index is 0.0116. The van der Waals surface area contributed by atoms with Crippen molar-refractivity contribution in [3.05, 3.63) is 94.8 Å². The molecule has 3 aromatic carbocycles. The first kappa shape index (κ1) is 29.1. The lowest BCUT2D eigenvalue weighted by Crippen LogP contribution is -2.46. The molecule has 1 aliphatic carbocycles. The lowest BCUT2D eigenvalue weighted by Gasteiger charge is -2.30. The van der Waals surface area contributed by atoms with Gasteiger partial charge in [0.2, 0.25) is 0 Å². The SMILES string of the molecule is CN(C(=O)OCC1c2ccccc2-c2ccccc21)C(CCc1ccc(C(F)(F)F)cc1F)C(=O)OC(C)(C)C. The van der Waals surface area contributed by atoms with Gasteiger partial charge in [-0.2, -0.15) is 13.2 Å². The van der Waals surface area contributed by atoms with Gasteiger partial charge >= 0.3 is 18.2 Å². The summed E-state index contributed by atoms with van der Waals surface area (Å²) in [7, 11) is 1.39. The van der Waals surface area contributed by atoms with Crippen LogP contribution in [-0.2, 0) is 26.9 Å². The Hall–Kier alpha value is -3.88. The third-order valence-corrected chi connectivity index (χ3v) is 6.84. The van der Waals surface area contributed by atoms with Crippen LogP contribution in [0, 0.1) is 5.82 Å². The van der Waals surface area contributed by atoms with Crippen molar-refractivity contribution in [1.29, 1.82) is 0 Å². The van der Waals surface area contributed by atoms with Gasteiger partial charge in [-0.3, -0.25) is 4.90 Å². The van der Waals surface area contributed by atoms with Crippen molar-refractivity contribution in [3.8, 4) is 11.1 Å². The van der Waals surface area contributed by atoms with Gasteiger partial charge in [0.25, 0.3) is 0 Å². The number of fused-ring (bicyclic) bond motifs is 3. The lowest BCUT2D eigenvalue weighted by molar-refractivity contribution is -0.160. The predicted octanol–water partition coefficient (Wildman–Crippen LogP) is 7.37. The second-order valence-corrected chi connectivity index (χ2v) is 10.8. The zero-order chi connectivity index (χ0) is 29.2. The lowest BCUT2D eigenvalue weighted by atomic mass is 9.98. The van der Waals surface area contributed by atoms with Crippen molar-refractivity contribution >= 4 is 12.1 Å². The molecular formula is C31H31F4NO4. The quantitative estimate of drug-likeness (QED) is 0.225. The maximum atomic E-state index is 14.5. The molecule has 1 aliphatic rings. The molecule has 1 atom stereocenters. The van der Waals surface area contributed by atoms with Crippen LogP contribution < -0.4 is 0 Å². The molecule has 5 nitrogen and oxygen atoms in total. The Morgan fingerprint density at radius 3 is 2.02 bits per heavy atom. The molecule has 1 amide bonds. The number of carbonyl (C=O) groups excluding carboxylic acids is 2. The van der Waals surface area contributed by atoms with E-state index in [0.29, 0.717) is 6.07 Å². The van der Waals surface area contributed by atoms with Gasteiger partial charge in [-0.1, -0.05) is 54.6 Å². The summed E-state index contributed by atoms with van der Waals surface area (Å²) in [5.74, 6) is -1.96. The first-order chi connectivity index (χ1) is 18.8. The van der Waals surface area contributed by atoms with Crippen LogP contribution in [-0.4, -0.2) is 42.3 Å². The van der Waals surface area contributed by atoms with Gasteiger partial charge in [0, 0.05) is 13.0 Å². The molecule has 9 heteroatoms. The summed E-state index contributed by atoms with van der Waals surface area (Å²) < 4.78 is 64.4. The van der Waals surface area contributed by atoms with Crippen LogP contribution in [0.3, 0.4) is 0 Å². The Kier molecular flexibility index (Phi) is 8.23. The average molecular weight is 558 g/mol. The zero-order valence-electron chi connectivity index (χ0n) is 22.7. The average Bonchev–Trinajstić information content (AvgIpc) is 3.20. The van der Waals surface area contributed by atoms with E-state index in [-0.39, 0.29) is 30.9 Å². The van der Waals surface area contributed by atoms with Gasteiger partial charge in [0.15, 0.2) is 0 Å². The second-order valence-electron chi connectivity index (χ2n) is 10.8. The van der Waals surface area contributed by atoms with Gasteiger partial charge in [-0.25, -0.2) is 14.0 Å². The zero-order valence-corrected chi connectivity index (χ0v) is 22.7. The summed E-state index contributed by atoms with van der Waals surface area (Å²) in [5.41, 5.74) is 2.21. The fraction of sp³-hybridized carbons (Fsp3) is 0.355. The molecule has 0 N–H and O–H groups in total. The molecule has 40 heavy (non-hydrogen) atoms. The maximum Gasteiger partial charge on any atom is 0.416 e. The number of halogens is 4. The molecule has 4 rings (SSSR count). The third kappa shape index (κ3) is 6.46. The number of rotatable bonds is 7. The Balaban J connectivity index is 1.49. The van der Waals surface area contributed by atoms with Gasteiger partial charge in [0.1, 0.15) is 24.1 Å². The van der Waals surface area contributed by atoms with Crippen LogP contribution in [0.4, 0.5) is 22.4 Å². The number of likely N-dealkylation sites (N-methyl/N-ethyl adjacent to an activating group) is 1. The summed E-state index contributed by atoms with van der Waals surface area (Å²) in [6, 6.07) is 16.8. The number of esters is 1. The van der Waals surface area contributed by atoms with E-state index in [9.17, 15) is 27.2 Å². The Morgan fingerprint density at radius 2 is 1.50 bits per heavy atom. The molecule has 212 valence electrons. The number of aryl methyl sites for hydroxylation is 1. The molecule has 0 heterocycles. The molecule has 0 saturated heterocycles. The molecule has 0 radical (unpaired) electrons. The van der Waals surface area contributed by atoms with E-state index in [2.05, 4.69) is 0 Å². The molecule has 0 aromatic heterocycles. The summed E-state index contributed by atoms with van der Waals surface area (Å²) in [6.45, 7) is 5.05. The summed E-state index contributed by atoms with van der Waals surface area (Å²) in [5, 5.41) is 0. The van der Waals surface area contributed by atoms with Crippen molar-refractivity contribution in [2.24, 2.45) is 0 Å². The smallest absolute Gasteiger partial charge is 0.416 e. The summed E-state index contributed by atoms with van der Waals surface area (Å²) in [6.07, 6.45) is -5.64. The van der Waals surface area contributed by atoms with E-state index in [4.69, 9.17) is 9.47 Å². The van der Waals surface area contributed by atoms with Gasteiger partial charge in [-0.05, 0) is 73.6 Å². The molecule has 0 aliphatic heterocycles. The number of amides is 1. The number of alkyl halides is 3. The van der Waals surface area contributed by atoms with E-state index >= 15 is 0 Å². The van der Waals surface area contributed by atoms with Gasteiger partial charge in [-0.15, -0.1) is 0 Å². The highest BCUT2D eigenvalue weighted by Gasteiger charge is 2.35. The minimum atomic E-state index is -4.68. The second kappa shape index (κ2) is 11.3. The molecule has 0 saturated carbocycles. The van der Waals surface area contributed by atoms with E-state index in [0.717, 1.165) is 39.3 Å². The van der Waals surface area contributed by atoms with Crippen LogP contribution in [0.5, 0.6) is 0 Å². The normalized spacial score (nSPS) is 13.8. The topological polar surface area (TPSA) is 55.8 Å². The first-order valence-electron chi connectivity index (χ1n) is 12.9. The highest BCUT2D eigenvalue weighted by atomic mass is 19.4.